The highest BCUT2D eigenvalue weighted by molar-refractivity contribution is 7.22. The average molecular weight is 303 g/mol. The third-order valence-corrected chi connectivity index (χ3v) is 4.79. The number of carbonyl (C=O) groups excluding carboxylic acids is 1. The van der Waals surface area contributed by atoms with Crippen molar-refractivity contribution < 1.29 is 4.79 Å². The molecule has 1 aromatic carbocycles. The second-order valence-corrected chi connectivity index (χ2v) is 6.76. The fourth-order valence-electron chi connectivity index (χ4n) is 2.74. The molecule has 1 aliphatic rings. The third kappa shape index (κ3) is 3.80. The molecular formula is C16H21N3OS. The summed E-state index contributed by atoms with van der Waals surface area (Å²) in [6, 6.07) is 6.16. The Balaban J connectivity index is 1.62. The van der Waals surface area contributed by atoms with Crippen LogP contribution in [0.15, 0.2) is 18.2 Å². The molecule has 1 aliphatic heterocycles. The van der Waals surface area contributed by atoms with Gasteiger partial charge in [-0.05, 0) is 50.6 Å². The Morgan fingerprint density at radius 2 is 2.05 bits per heavy atom. The van der Waals surface area contributed by atoms with Gasteiger partial charge in [-0.15, -0.1) is 0 Å². The van der Waals surface area contributed by atoms with Crippen LogP contribution in [0.5, 0.6) is 0 Å². The fourth-order valence-corrected chi connectivity index (χ4v) is 3.72. The number of hydrogen-bond acceptors (Lipinski definition) is 4. The van der Waals surface area contributed by atoms with Crippen LogP contribution in [-0.4, -0.2) is 35.4 Å². The van der Waals surface area contributed by atoms with Gasteiger partial charge >= 0.3 is 0 Å². The lowest BCUT2D eigenvalue weighted by molar-refractivity contribution is -0.117. The first-order chi connectivity index (χ1) is 10.2. The number of benzene rings is 1. The van der Waals surface area contributed by atoms with E-state index < -0.39 is 0 Å². The number of carbonyl (C=O) groups is 1. The normalized spacial score (nSPS) is 16.8. The van der Waals surface area contributed by atoms with Crippen molar-refractivity contribution in [2.45, 2.75) is 32.6 Å². The lowest BCUT2D eigenvalue weighted by Gasteiger charge is -2.18. The summed E-state index contributed by atoms with van der Waals surface area (Å²) in [5.41, 5.74) is 2.17. The Kier molecular flexibility index (Phi) is 4.51. The first kappa shape index (κ1) is 14.5. The monoisotopic (exact) mass is 303 g/mol. The summed E-state index contributed by atoms with van der Waals surface area (Å²) in [4.78, 5) is 18.9. The van der Waals surface area contributed by atoms with E-state index in [1.165, 1.54) is 31.2 Å². The predicted octanol–water partition coefficient (Wildman–Crippen LogP) is 3.42. The largest absolute Gasteiger partial charge is 0.301 e. The zero-order valence-electron chi connectivity index (χ0n) is 12.4. The quantitative estimate of drug-likeness (QED) is 0.945. The van der Waals surface area contributed by atoms with E-state index >= 15 is 0 Å². The van der Waals surface area contributed by atoms with Crippen LogP contribution >= 0.6 is 11.3 Å². The minimum Gasteiger partial charge on any atom is -0.301 e. The standard InChI is InChI=1S/C16H21N3OS/c1-12-6-7-13-14(10-12)21-16(17-13)18-15(20)11-19-8-4-2-3-5-9-19/h6-7,10H,2-5,8-9,11H2,1H3,(H,17,18,20). The van der Waals surface area contributed by atoms with E-state index in [9.17, 15) is 4.79 Å². The number of thiazole rings is 1. The maximum absolute atomic E-state index is 12.2. The number of nitrogens with zero attached hydrogens (tertiary/aromatic N) is 2. The number of rotatable bonds is 3. The van der Waals surface area contributed by atoms with E-state index in [2.05, 4.69) is 28.2 Å². The van der Waals surface area contributed by atoms with Crippen LogP contribution in [0.25, 0.3) is 10.2 Å². The highest BCUT2D eigenvalue weighted by Crippen LogP contribution is 2.26. The van der Waals surface area contributed by atoms with Crippen molar-refractivity contribution in [3.8, 4) is 0 Å². The van der Waals surface area contributed by atoms with Gasteiger partial charge in [-0.3, -0.25) is 9.69 Å². The molecule has 1 N–H and O–H groups in total. The summed E-state index contributed by atoms with van der Waals surface area (Å²) in [5.74, 6) is 0.0488. The molecule has 2 aromatic rings. The highest BCUT2D eigenvalue weighted by Gasteiger charge is 2.14. The molecule has 1 amide bonds. The zero-order chi connectivity index (χ0) is 14.7. The zero-order valence-corrected chi connectivity index (χ0v) is 13.2. The fraction of sp³-hybridized carbons (Fsp3) is 0.500. The molecule has 3 rings (SSSR count). The van der Waals surface area contributed by atoms with Crippen molar-refractivity contribution in [1.29, 1.82) is 0 Å². The number of aromatic nitrogens is 1. The molecule has 1 fully saturated rings. The first-order valence-corrected chi connectivity index (χ1v) is 8.42. The number of anilines is 1. The SMILES string of the molecule is Cc1ccc2nc(NC(=O)CN3CCCCCC3)sc2c1. The Hall–Kier alpha value is -1.46. The van der Waals surface area contributed by atoms with E-state index in [4.69, 9.17) is 0 Å². The van der Waals surface area contributed by atoms with Crippen molar-refractivity contribution in [3.63, 3.8) is 0 Å². The van der Waals surface area contributed by atoms with E-state index in [-0.39, 0.29) is 5.91 Å². The van der Waals surface area contributed by atoms with Crippen LogP contribution in [0.4, 0.5) is 5.13 Å². The molecule has 4 nitrogen and oxygen atoms in total. The topological polar surface area (TPSA) is 45.2 Å². The van der Waals surface area contributed by atoms with Crippen molar-refractivity contribution in [2.75, 3.05) is 25.0 Å². The van der Waals surface area contributed by atoms with Gasteiger partial charge < -0.3 is 5.32 Å². The van der Waals surface area contributed by atoms with Crippen LogP contribution < -0.4 is 5.32 Å². The van der Waals surface area contributed by atoms with Crippen LogP contribution in [0.1, 0.15) is 31.2 Å². The molecule has 0 unspecified atom stereocenters. The molecular weight excluding hydrogens is 282 g/mol. The average Bonchev–Trinajstić information content (AvgIpc) is 2.66. The van der Waals surface area contributed by atoms with Crippen LogP contribution in [0.2, 0.25) is 0 Å². The number of hydrogen-bond donors (Lipinski definition) is 1. The molecule has 1 aromatic heterocycles. The van der Waals surface area contributed by atoms with Gasteiger partial charge in [0.2, 0.25) is 5.91 Å². The van der Waals surface area contributed by atoms with Gasteiger partial charge in [0.05, 0.1) is 16.8 Å². The summed E-state index contributed by atoms with van der Waals surface area (Å²) in [7, 11) is 0. The van der Waals surface area contributed by atoms with E-state index in [0.717, 1.165) is 23.3 Å². The van der Waals surface area contributed by atoms with Gasteiger partial charge in [0.15, 0.2) is 5.13 Å². The van der Waals surface area contributed by atoms with E-state index in [1.54, 1.807) is 11.3 Å². The number of amides is 1. The van der Waals surface area contributed by atoms with Crippen molar-refractivity contribution >= 4 is 32.6 Å². The molecule has 0 radical (unpaired) electrons. The number of nitrogens with one attached hydrogen (secondary N) is 1. The first-order valence-electron chi connectivity index (χ1n) is 7.60. The van der Waals surface area contributed by atoms with Gasteiger partial charge in [0.25, 0.3) is 0 Å². The van der Waals surface area contributed by atoms with Crippen molar-refractivity contribution in [1.82, 2.24) is 9.88 Å². The van der Waals surface area contributed by atoms with E-state index in [1.807, 2.05) is 12.1 Å². The lowest BCUT2D eigenvalue weighted by Crippen LogP contribution is -2.33. The van der Waals surface area contributed by atoms with Crippen LogP contribution in [-0.2, 0) is 4.79 Å². The van der Waals surface area contributed by atoms with Gasteiger partial charge in [-0.1, -0.05) is 30.2 Å². The molecule has 0 atom stereocenters. The van der Waals surface area contributed by atoms with Gasteiger partial charge in [0, 0.05) is 0 Å². The summed E-state index contributed by atoms with van der Waals surface area (Å²) < 4.78 is 1.13. The molecule has 0 bridgehead atoms. The minimum absolute atomic E-state index is 0.0488. The summed E-state index contributed by atoms with van der Waals surface area (Å²) in [5, 5.41) is 3.65. The molecule has 5 heteroatoms. The van der Waals surface area contributed by atoms with Crippen molar-refractivity contribution in [2.24, 2.45) is 0 Å². The Morgan fingerprint density at radius 1 is 1.29 bits per heavy atom. The van der Waals surface area contributed by atoms with Gasteiger partial charge in [0.1, 0.15) is 0 Å². The summed E-state index contributed by atoms with van der Waals surface area (Å²) in [6.07, 6.45) is 4.98. The number of aryl methyl sites for hydroxylation is 1. The predicted molar refractivity (Wildman–Crippen MR) is 87.9 cm³/mol. The molecule has 0 aliphatic carbocycles. The second-order valence-electron chi connectivity index (χ2n) is 5.73. The number of likely N-dealkylation sites (tertiary alicyclic amines) is 1. The summed E-state index contributed by atoms with van der Waals surface area (Å²) in [6.45, 7) is 4.62. The van der Waals surface area contributed by atoms with Gasteiger partial charge in [-0.25, -0.2) is 4.98 Å². The molecule has 1 saturated heterocycles. The Morgan fingerprint density at radius 3 is 2.81 bits per heavy atom. The highest BCUT2D eigenvalue weighted by atomic mass is 32.1. The Bertz CT molecular complexity index is 629. The van der Waals surface area contributed by atoms with Crippen LogP contribution in [0, 0.1) is 6.92 Å². The minimum atomic E-state index is 0.0488. The maximum Gasteiger partial charge on any atom is 0.240 e. The number of fused-ring (bicyclic) bond motifs is 1. The maximum atomic E-state index is 12.2. The molecule has 0 saturated carbocycles. The van der Waals surface area contributed by atoms with Gasteiger partial charge in [-0.2, -0.15) is 0 Å². The summed E-state index contributed by atoms with van der Waals surface area (Å²) >= 11 is 1.54. The molecule has 21 heavy (non-hydrogen) atoms. The van der Waals surface area contributed by atoms with Crippen LogP contribution in [0.3, 0.4) is 0 Å². The molecule has 112 valence electrons. The Labute approximate surface area is 129 Å². The van der Waals surface area contributed by atoms with E-state index in [0.29, 0.717) is 11.7 Å². The second kappa shape index (κ2) is 6.54. The third-order valence-electron chi connectivity index (χ3n) is 3.86. The van der Waals surface area contributed by atoms with Crippen molar-refractivity contribution in [3.05, 3.63) is 23.8 Å². The molecule has 2 heterocycles. The molecule has 0 spiro atoms. The lowest BCUT2D eigenvalue weighted by atomic mass is 10.2. The smallest absolute Gasteiger partial charge is 0.240 e.